The quantitative estimate of drug-likeness (QED) is 0.735. The van der Waals surface area contributed by atoms with Crippen LogP contribution in [0, 0.1) is 0 Å². The topological polar surface area (TPSA) is 57.2 Å². The lowest BCUT2D eigenvalue weighted by Crippen LogP contribution is -2.09. The molecule has 0 aliphatic rings. The largest absolute Gasteiger partial charge is 0.357 e. The van der Waals surface area contributed by atoms with Gasteiger partial charge in [0.05, 0.1) is 6.20 Å². The standard InChI is InChI=1S/C13H14BrN5O/c1-3-20-9(2)18-8-11(6-15-18)10-4-5-12-16-13(14)17-19(12)7-10/h4-9H,3H2,1-2H3. The van der Waals surface area contributed by atoms with Crippen molar-refractivity contribution in [3.05, 3.63) is 35.5 Å². The summed E-state index contributed by atoms with van der Waals surface area (Å²) in [4.78, 5) is 4.23. The van der Waals surface area contributed by atoms with Gasteiger partial charge in [-0.2, -0.15) is 5.10 Å². The average Bonchev–Trinajstić information content (AvgIpc) is 3.02. The molecule has 1 atom stereocenters. The van der Waals surface area contributed by atoms with Gasteiger partial charge in [-0.25, -0.2) is 14.2 Å². The highest BCUT2D eigenvalue weighted by molar-refractivity contribution is 9.10. The summed E-state index contributed by atoms with van der Waals surface area (Å²) in [5.74, 6) is 0. The van der Waals surface area contributed by atoms with Crippen LogP contribution in [0.4, 0.5) is 0 Å². The normalized spacial score (nSPS) is 12.9. The van der Waals surface area contributed by atoms with Gasteiger partial charge in [0.25, 0.3) is 0 Å². The Bertz CT molecular complexity index is 735. The van der Waals surface area contributed by atoms with E-state index >= 15 is 0 Å². The molecule has 0 spiro atoms. The Balaban J connectivity index is 1.94. The summed E-state index contributed by atoms with van der Waals surface area (Å²) in [6.45, 7) is 4.60. The van der Waals surface area contributed by atoms with Crippen LogP contribution in [-0.4, -0.2) is 31.0 Å². The van der Waals surface area contributed by atoms with E-state index in [2.05, 4.69) is 31.1 Å². The molecule has 0 bridgehead atoms. The Labute approximate surface area is 124 Å². The molecule has 0 radical (unpaired) electrons. The van der Waals surface area contributed by atoms with E-state index in [0.29, 0.717) is 11.3 Å². The molecule has 0 aliphatic heterocycles. The summed E-state index contributed by atoms with van der Waals surface area (Å²) in [6.07, 6.45) is 5.65. The SMILES string of the molecule is CCOC(C)n1cc(-c2ccc3nc(Br)nn3c2)cn1. The fraction of sp³-hybridized carbons (Fsp3) is 0.308. The number of rotatable bonds is 4. The van der Waals surface area contributed by atoms with E-state index in [1.807, 2.05) is 44.6 Å². The molecule has 0 amide bonds. The number of hydrogen-bond acceptors (Lipinski definition) is 4. The second kappa shape index (κ2) is 5.34. The zero-order valence-electron chi connectivity index (χ0n) is 11.2. The maximum Gasteiger partial charge on any atom is 0.218 e. The van der Waals surface area contributed by atoms with E-state index in [-0.39, 0.29) is 6.23 Å². The van der Waals surface area contributed by atoms with Crippen molar-refractivity contribution in [2.24, 2.45) is 0 Å². The third-order valence-electron chi connectivity index (χ3n) is 3.02. The van der Waals surface area contributed by atoms with Crippen LogP contribution in [0.15, 0.2) is 35.5 Å². The Morgan fingerprint density at radius 3 is 2.95 bits per heavy atom. The van der Waals surface area contributed by atoms with Gasteiger partial charge in [-0.05, 0) is 41.9 Å². The third-order valence-corrected chi connectivity index (χ3v) is 3.36. The molecule has 0 N–H and O–H groups in total. The summed E-state index contributed by atoms with van der Waals surface area (Å²) in [7, 11) is 0. The van der Waals surface area contributed by atoms with Gasteiger partial charge in [-0.15, -0.1) is 5.10 Å². The molecular weight excluding hydrogens is 322 g/mol. The van der Waals surface area contributed by atoms with Gasteiger partial charge in [-0.3, -0.25) is 0 Å². The van der Waals surface area contributed by atoms with Crippen molar-refractivity contribution in [3.8, 4) is 11.1 Å². The first-order valence-corrected chi connectivity index (χ1v) is 7.14. The van der Waals surface area contributed by atoms with Crippen LogP contribution in [0.2, 0.25) is 0 Å². The minimum Gasteiger partial charge on any atom is -0.357 e. The molecule has 3 aromatic heterocycles. The predicted octanol–water partition coefficient (Wildman–Crippen LogP) is 2.91. The highest BCUT2D eigenvalue weighted by Crippen LogP contribution is 2.21. The van der Waals surface area contributed by atoms with E-state index in [9.17, 15) is 0 Å². The Morgan fingerprint density at radius 1 is 1.30 bits per heavy atom. The van der Waals surface area contributed by atoms with Crippen LogP contribution in [0.3, 0.4) is 0 Å². The van der Waals surface area contributed by atoms with Crippen molar-refractivity contribution < 1.29 is 4.74 Å². The zero-order valence-corrected chi connectivity index (χ0v) is 12.8. The zero-order chi connectivity index (χ0) is 14.1. The number of ether oxygens (including phenoxy) is 1. The molecule has 0 saturated heterocycles. The van der Waals surface area contributed by atoms with Gasteiger partial charge in [0.2, 0.25) is 4.73 Å². The van der Waals surface area contributed by atoms with Gasteiger partial charge in [-0.1, -0.05) is 0 Å². The van der Waals surface area contributed by atoms with Crippen molar-refractivity contribution in [2.45, 2.75) is 20.1 Å². The van der Waals surface area contributed by atoms with E-state index < -0.39 is 0 Å². The van der Waals surface area contributed by atoms with Crippen LogP contribution in [0.25, 0.3) is 16.8 Å². The Morgan fingerprint density at radius 2 is 2.15 bits per heavy atom. The maximum absolute atomic E-state index is 5.52. The first kappa shape index (κ1) is 13.3. The molecule has 104 valence electrons. The average molecular weight is 336 g/mol. The van der Waals surface area contributed by atoms with Crippen molar-refractivity contribution in [3.63, 3.8) is 0 Å². The van der Waals surface area contributed by atoms with Crippen molar-refractivity contribution in [2.75, 3.05) is 6.61 Å². The molecule has 7 heteroatoms. The van der Waals surface area contributed by atoms with Gasteiger partial charge >= 0.3 is 0 Å². The Hall–Kier alpha value is -1.73. The van der Waals surface area contributed by atoms with Crippen molar-refractivity contribution in [1.29, 1.82) is 0 Å². The summed E-state index contributed by atoms with van der Waals surface area (Å²) in [5, 5.41) is 8.57. The number of aromatic nitrogens is 5. The van der Waals surface area contributed by atoms with Crippen LogP contribution in [0.1, 0.15) is 20.1 Å². The lowest BCUT2D eigenvalue weighted by molar-refractivity contribution is 0.0160. The van der Waals surface area contributed by atoms with E-state index in [1.54, 1.807) is 9.20 Å². The summed E-state index contributed by atoms with van der Waals surface area (Å²) >= 11 is 3.27. The van der Waals surface area contributed by atoms with Crippen molar-refractivity contribution >= 4 is 21.6 Å². The molecule has 0 aliphatic carbocycles. The maximum atomic E-state index is 5.52. The van der Waals surface area contributed by atoms with E-state index in [0.717, 1.165) is 16.8 Å². The number of hydrogen-bond donors (Lipinski definition) is 0. The Kier molecular flexibility index (Phi) is 3.54. The van der Waals surface area contributed by atoms with Gasteiger partial charge < -0.3 is 4.74 Å². The van der Waals surface area contributed by atoms with Crippen LogP contribution >= 0.6 is 15.9 Å². The van der Waals surface area contributed by atoms with Crippen molar-refractivity contribution in [1.82, 2.24) is 24.4 Å². The molecular formula is C13H14BrN5O. The lowest BCUT2D eigenvalue weighted by Gasteiger charge is -2.11. The summed E-state index contributed by atoms with van der Waals surface area (Å²) in [6, 6.07) is 3.93. The molecule has 0 saturated carbocycles. The molecule has 0 fully saturated rings. The number of fused-ring (bicyclic) bond motifs is 1. The molecule has 3 aromatic rings. The predicted molar refractivity (Wildman–Crippen MR) is 78.2 cm³/mol. The first-order chi connectivity index (χ1) is 9.67. The van der Waals surface area contributed by atoms with E-state index in [4.69, 9.17) is 4.74 Å². The fourth-order valence-electron chi connectivity index (χ4n) is 2.03. The second-order valence-electron chi connectivity index (χ2n) is 4.37. The third kappa shape index (κ3) is 2.46. The van der Waals surface area contributed by atoms with Gasteiger partial charge in [0, 0.05) is 30.1 Å². The minimum atomic E-state index is -0.0713. The monoisotopic (exact) mass is 335 g/mol. The molecule has 1 unspecified atom stereocenters. The molecule has 3 heterocycles. The second-order valence-corrected chi connectivity index (χ2v) is 5.07. The van der Waals surface area contributed by atoms with Gasteiger partial charge in [0.15, 0.2) is 5.65 Å². The molecule has 0 aromatic carbocycles. The lowest BCUT2D eigenvalue weighted by atomic mass is 10.2. The smallest absolute Gasteiger partial charge is 0.218 e. The van der Waals surface area contributed by atoms with Gasteiger partial charge in [0.1, 0.15) is 6.23 Å². The molecule has 6 nitrogen and oxygen atoms in total. The van der Waals surface area contributed by atoms with Crippen LogP contribution in [-0.2, 0) is 4.74 Å². The number of halogens is 1. The molecule has 20 heavy (non-hydrogen) atoms. The summed E-state index contributed by atoms with van der Waals surface area (Å²) < 4.78 is 9.64. The first-order valence-electron chi connectivity index (χ1n) is 6.35. The highest BCUT2D eigenvalue weighted by Gasteiger charge is 2.09. The van der Waals surface area contributed by atoms with E-state index in [1.165, 1.54) is 0 Å². The number of pyridine rings is 1. The van der Waals surface area contributed by atoms with Crippen LogP contribution in [0.5, 0.6) is 0 Å². The molecule has 3 rings (SSSR count). The van der Waals surface area contributed by atoms with Crippen LogP contribution < -0.4 is 0 Å². The summed E-state index contributed by atoms with van der Waals surface area (Å²) in [5.41, 5.74) is 2.85. The minimum absolute atomic E-state index is 0.0713. The fourth-order valence-corrected chi connectivity index (χ4v) is 2.38. The highest BCUT2D eigenvalue weighted by atomic mass is 79.9. The number of nitrogens with zero attached hydrogens (tertiary/aromatic N) is 5.